The molecule has 5 heteroatoms. The van der Waals surface area contributed by atoms with Gasteiger partial charge in [0, 0.05) is 12.5 Å². The van der Waals surface area contributed by atoms with Crippen LogP contribution in [-0.2, 0) is 9.59 Å². The van der Waals surface area contributed by atoms with Gasteiger partial charge in [-0.3, -0.25) is 9.59 Å². The third-order valence-corrected chi connectivity index (χ3v) is 7.90. The SMILES string of the molecule is CC1(C)[C@H]2C[C@H](NC(=O)[C@H](O)C3CCCC3)[C@@H](C/C=C\CCCC(=O)O)[C@@H]1C2. The number of fused-ring (bicyclic) bond motifs is 2. The van der Waals surface area contributed by atoms with Gasteiger partial charge in [0.25, 0.3) is 0 Å². The van der Waals surface area contributed by atoms with Crippen LogP contribution in [0.1, 0.15) is 78.1 Å². The molecule has 2 bridgehead atoms. The largest absolute Gasteiger partial charge is 0.481 e. The maximum atomic E-state index is 12.7. The average molecular weight is 392 g/mol. The second kappa shape index (κ2) is 8.98. The van der Waals surface area contributed by atoms with Gasteiger partial charge in [0.2, 0.25) is 5.91 Å². The lowest BCUT2D eigenvalue weighted by Gasteiger charge is -2.62. The Labute approximate surface area is 169 Å². The fourth-order valence-electron chi connectivity index (χ4n) is 5.94. The topological polar surface area (TPSA) is 86.6 Å². The number of aliphatic hydroxyl groups is 1. The molecule has 4 aliphatic rings. The van der Waals surface area contributed by atoms with Crippen molar-refractivity contribution in [1.82, 2.24) is 5.32 Å². The van der Waals surface area contributed by atoms with Crippen LogP contribution >= 0.6 is 0 Å². The van der Waals surface area contributed by atoms with Gasteiger partial charge in [-0.25, -0.2) is 0 Å². The van der Waals surface area contributed by atoms with Crippen LogP contribution in [0.5, 0.6) is 0 Å². The number of hydrogen-bond donors (Lipinski definition) is 3. The highest BCUT2D eigenvalue weighted by molar-refractivity contribution is 5.81. The van der Waals surface area contributed by atoms with Crippen LogP contribution in [0.15, 0.2) is 12.2 Å². The van der Waals surface area contributed by atoms with Gasteiger partial charge in [0.1, 0.15) is 6.10 Å². The van der Waals surface area contributed by atoms with E-state index in [1.165, 1.54) is 6.42 Å². The van der Waals surface area contributed by atoms with Gasteiger partial charge < -0.3 is 15.5 Å². The zero-order chi connectivity index (χ0) is 20.3. The van der Waals surface area contributed by atoms with Crippen LogP contribution in [0.3, 0.4) is 0 Å². The summed E-state index contributed by atoms with van der Waals surface area (Å²) in [6.07, 6.45) is 12.4. The van der Waals surface area contributed by atoms with E-state index in [0.717, 1.165) is 44.9 Å². The molecule has 0 aromatic carbocycles. The summed E-state index contributed by atoms with van der Waals surface area (Å²) in [5.41, 5.74) is 0.326. The van der Waals surface area contributed by atoms with Gasteiger partial charge in [-0.2, -0.15) is 0 Å². The molecular formula is C23H37NO4. The Morgan fingerprint density at radius 2 is 1.89 bits per heavy atom. The van der Waals surface area contributed by atoms with Gasteiger partial charge in [0.15, 0.2) is 0 Å². The van der Waals surface area contributed by atoms with Gasteiger partial charge in [-0.15, -0.1) is 0 Å². The first-order valence-corrected chi connectivity index (χ1v) is 11.2. The Balaban J connectivity index is 1.56. The molecule has 0 aliphatic heterocycles. The number of hydrogen-bond acceptors (Lipinski definition) is 3. The number of carboxylic acid groups (broad SMARTS) is 1. The van der Waals surface area contributed by atoms with E-state index in [1.54, 1.807) is 0 Å². The molecule has 5 atom stereocenters. The summed E-state index contributed by atoms with van der Waals surface area (Å²) in [4.78, 5) is 23.3. The first-order valence-electron chi connectivity index (χ1n) is 11.2. The molecule has 0 aromatic rings. The molecule has 4 aliphatic carbocycles. The van der Waals surface area contributed by atoms with Crippen LogP contribution < -0.4 is 5.32 Å². The Hall–Kier alpha value is -1.36. The number of carboxylic acids is 1. The first-order chi connectivity index (χ1) is 13.3. The fourth-order valence-corrected chi connectivity index (χ4v) is 5.94. The van der Waals surface area contributed by atoms with E-state index in [4.69, 9.17) is 5.11 Å². The second-order valence-electron chi connectivity index (χ2n) is 9.86. The Kier molecular flexibility index (Phi) is 6.85. The number of rotatable bonds is 9. The molecule has 0 aromatic heterocycles. The lowest BCUT2D eigenvalue weighted by molar-refractivity contribution is -0.143. The highest BCUT2D eigenvalue weighted by Gasteiger charge is 2.57. The monoisotopic (exact) mass is 391 g/mol. The molecule has 158 valence electrons. The van der Waals surface area contributed by atoms with E-state index < -0.39 is 12.1 Å². The van der Waals surface area contributed by atoms with E-state index in [1.807, 2.05) is 0 Å². The van der Waals surface area contributed by atoms with Crippen molar-refractivity contribution in [2.24, 2.45) is 29.1 Å². The molecule has 5 nitrogen and oxygen atoms in total. The smallest absolute Gasteiger partial charge is 0.303 e. The number of unbranched alkanes of at least 4 members (excludes halogenated alkanes) is 1. The molecule has 28 heavy (non-hydrogen) atoms. The maximum absolute atomic E-state index is 12.7. The van der Waals surface area contributed by atoms with Crippen LogP contribution in [0.25, 0.3) is 0 Å². The van der Waals surface area contributed by atoms with Crippen molar-refractivity contribution in [2.75, 3.05) is 0 Å². The summed E-state index contributed by atoms with van der Waals surface area (Å²) in [7, 11) is 0. The Morgan fingerprint density at radius 1 is 1.18 bits per heavy atom. The molecule has 3 N–H and O–H groups in total. The summed E-state index contributed by atoms with van der Waals surface area (Å²) in [5, 5.41) is 22.4. The zero-order valence-electron chi connectivity index (χ0n) is 17.4. The van der Waals surface area contributed by atoms with E-state index in [-0.39, 0.29) is 24.3 Å². The Morgan fingerprint density at radius 3 is 2.54 bits per heavy atom. The highest BCUT2D eigenvalue weighted by atomic mass is 16.4. The molecular weight excluding hydrogens is 354 g/mol. The van der Waals surface area contributed by atoms with Gasteiger partial charge in [0.05, 0.1) is 0 Å². The van der Waals surface area contributed by atoms with E-state index in [9.17, 15) is 14.7 Å². The third kappa shape index (κ3) is 4.61. The normalized spacial score (nSPS) is 32.8. The number of nitrogens with one attached hydrogen (secondary N) is 1. The fraction of sp³-hybridized carbons (Fsp3) is 0.826. The summed E-state index contributed by atoms with van der Waals surface area (Å²) in [6.45, 7) is 4.70. The minimum absolute atomic E-state index is 0.127. The number of aliphatic hydroxyl groups excluding tert-OH is 1. The Bertz CT molecular complexity index is 593. The lowest BCUT2D eigenvalue weighted by Crippen LogP contribution is -2.62. The van der Waals surface area contributed by atoms with Crippen molar-refractivity contribution in [2.45, 2.75) is 90.2 Å². The van der Waals surface area contributed by atoms with Crippen LogP contribution in [0.4, 0.5) is 0 Å². The van der Waals surface area contributed by atoms with Crippen molar-refractivity contribution < 1.29 is 19.8 Å². The minimum Gasteiger partial charge on any atom is -0.481 e. The van der Waals surface area contributed by atoms with Crippen molar-refractivity contribution in [3.05, 3.63) is 12.2 Å². The van der Waals surface area contributed by atoms with Crippen molar-refractivity contribution in [3.8, 4) is 0 Å². The van der Waals surface area contributed by atoms with Crippen molar-refractivity contribution >= 4 is 11.9 Å². The van der Waals surface area contributed by atoms with Crippen molar-refractivity contribution in [3.63, 3.8) is 0 Å². The van der Waals surface area contributed by atoms with Gasteiger partial charge in [-0.1, -0.05) is 38.8 Å². The molecule has 4 fully saturated rings. The summed E-state index contributed by atoms with van der Waals surface area (Å²) < 4.78 is 0. The number of carbonyl (C=O) groups excluding carboxylic acids is 1. The van der Waals surface area contributed by atoms with E-state index in [0.29, 0.717) is 29.6 Å². The first kappa shape index (κ1) is 21.4. The van der Waals surface area contributed by atoms with Gasteiger partial charge >= 0.3 is 5.97 Å². The average Bonchev–Trinajstić information content (AvgIpc) is 3.18. The molecule has 0 spiro atoms. The van der Waals surface area contributed by atoms with E-state index in [2.05, 4.69) is 31.3 Å². The molecule has 4 saturated carbocycles. The molecule has 4 rings (SSSR count). The zero-order valence-corrected chi connectivity index (χ0v) is 17.4. The summed E-state index contributed by atoms with van der Waals surface area (Å²) in [6, 6.07) is 0.143. The third-order valence-electron chi connectivity index (χ3n) is 7.90. The predicted octanol–water partition coefficient (Wildman–Crippen LogP) is 3.91. The molecule has 0 radical (unpaired) electrons. The standard InChI is InChI=1S/C23H37NO4/c1-23(2)16-13-18(23)17(11-5-3-4-6-12-20(25)26)19(14-16)24-22(28)21(27)15-9-7-8-10-15/h3,5,15-19,21,27H,4,6-14H2,1-2H3,(H,24,28)(H,25,26)/b5-3-/t16-,17+,18+,19+,21-/m1/s1. The van der Waals surface area contributed by atoms with E-state index >= 15 is 0 Å². The number of amides is 1. The molecule has 1 amide bonds. The minimum atomic E-state index is -0.860. The predicted molar refractivity (Wildman–Crippen MR) is 109 cm³/mol. The molecule has 0 saturated heterocycles. The number of aliphatic carboxylic acids is 1. The van der Waals surface area contributed by atoms with Crippen LogP contribution in [0, 0.1) is 29.1 Å². The van der Waals surface area contributed by atoms with Gasteiger partial charge in [-0.05, 0) is 74.0 Å². The van der Waals surface area contributed by atoms with Crippen molar-refractivity contribution in [1.29, 1.82) is 0 Å². The summed E-state index contributed by atoms with van der Waals surface area (Å²) in [5.74, 6) is 0.863. The summed E-state index contributed by atoms with van der Waals surface area (Å²) >= 11 is 0. The highest BCUT2D eigenvalue weighted by Crippen LogP contribution is 2.62. The van der Waals surface area contributed by atoms with Crippen LogP contribution in [0.2, 0.25) is 0 Å². The maximum Gasteiger partial charge on any atom is 0.303 e. The lowest BCUT2D eigenvalue weighted by atomic mass is 9.44. The molecule has 0 heterocycles. The second-order valence-corrected chi connectivity index (χ2v) is 9.86. The van der Waals surface area contributed by atoms with Crippen LogP contribution in [-0.4, -0.2) is 34.2 Å². The number of allylic oxidation sites excluding steroid dienone is 2. The number of carbonyl (C=O) groups is 2. The molecule has 0 unspecified atom stereocenters. The quantitative estimate of drug-likeness (QED) is 0.411.